The molecule has 0 saturated heterocycles. The average Bonchev–Trinajstić information content (AvgIpc) is 3.05. The smallest absolute Gasteiger partial charge is 0.307 e. The summed E-state index contributed by atoms with van der Waals surface area (Å²) in [4.78, 5) is 28.3. The molecule has 0 fully saturated rings. The van der Waals surface area contributed by atoms with Crippen molar-refractivity contribution in [1.82, 2.24) is 10.1 Å². The fourth-order valence-electron chi connectivity index (χ4n) is 2.09. The van der Waals surface area contributed by atoms with Crippen LogP contribution in [0.3, 0.4) is 0 Å². The topological polar surface area (TPSA) is 94.3 Å². The van der Waals surface area contributed by atoms with Crippen LogP contribution in [-0.2, 0) is 20.7 Å². The molecule has 0 aliphatic carbocycles. The second kappa shape index (κ2) is 8.80. The molecule has 0 radical (unpaired) electrons. The molecule has 0 unspecified atom stereocenters. The van der Waals surface area contributed by atoms with Gasteiger partial charge >= 0.3 is 5.97 Å². The van der Waals surface area contributed by atoms with E-state index in [9.17, 15) is 9.59 Å². The molecule has 0 aliphatic rings. The molecule has 1 atom stereocenters. The number of rotatable bonds is 7. The molecule has 0 bridgehead atoms. The molecule has 0 saturated carbocycles. The van der Waals surface area contributed by atoms with Gasteiger partial charge in [0.15, 0.2) is 11.9 Å². The Bertz CT molecular complexity index is 788. The van der Waals surface area contributed by atoms with Gasteiger partial charge < -0.3 is 14.6 Å². The maximum Gasteiger partial charge on any atom is 0.307 e. The van der Waals surface area contributed by atoms with E-state index in [1.807, 2.05) is 20.8 Å². The number of carbonyl (C=O) groups is 2. The molecule has 0 spiro atoms. The molecule has 140 valence electrons. The lowest BCUT2D eigenvalue weighted by Gasteiger charge is -2.14. The maximum absolute atomic E-state index is 12.2. The summed E-state index contributed by atoms with van der Waals surface area (Å²) in [5, 5.41) is 7.05. The van der Waals surface area contributed by atoms with Gasteiger partial charge in [-0.05, 0) is 31.5 Å². The molecule has 2 rings (SSSR count). The highest BCUT2D eigenvalue weighted by atomic mass is 35.5. The van der Waals surface area contributed by atoms with Crippen molar-refractivity contribution in [2.75, 3.05) is 5.32 Å². The minimum atomic E-state index is -0.935. The highest BCUT2D eigenvalue weighted by Crippen LogP contribution is 2.20. The van der Waals surface area contributed by atoms with E-state index in [2.05, 4.69) is 15.5 Å². The third-order valence-electron chi connectivity index (χ3n) is 3.68. The molecule has 1 N–H and O–H groups in total. The molecule has 8 heteroatoms. The molecule has 7 nitrogen and oxygen atoms in total. The lowest BCUT2D eigenvalue weighted by molar-refractivity contribution is -0.153. The summed E-state index contributed by atoms with van der Waals surface area (Å²) in [5.74, 6) is 0.178. The van der Waals surface area contributed by atoms with Crippen molar-refractivity contribution in [2.45, 2.75) is 52.6 Å². The summed E-state index contributed by atoms with van der Waals surface area (Å²) < 4.78 is 10.2. The molecular weight excluding hydrogens is 358 g/mol. The summed E-state index contributed by atoms with van der Waals surface area (Å²) in [6.45, 7) is 7.25. The van der Waals surface area contributed by atoms with Crippen molar-refractivity contribution >= 4 is 29.2 Å². The van der Waals surface area contributed by atoms with Crippen molar-refractivity contribution in [2.24, 2.45) is 0 Å². The number of amides is 1. The van der Waals surface area contributed by atoms with E-state index in [1.165, 1.54) is 6.92 Å². The maximum atomic E-state index is 12.2. The van der Waals surface area contributed by atoms with Crippen LogP contribution in [-0.4, -0.2) is 28.1 Å². The Labute approximate surface area is 157 Å². The van der Waals surface area contributed by atoms with Gasteiger partial charge in [0.05, 0.1) is 6.42 Å². The van der Waals surface area contributed by atoms with Gasteiger partial charge in [-0.2, -0.15) is 4.98 Å². The van der Waals surface area contributed by atoms with Crippen LogP contribution in [0.5, 0.6) is 0 Å². The average molecular weight is 380 g/mol. The first-order valence-corrected chi connectivity index (χ1v) is 8.73. The predicted octanol–water partition coefficient (Wildman–Crippen LogP) is 3.66. The number of aromatic nitrogens is 2. The monoisotopic (exact) mass is 379 g/mol. The molecule has 1 amide bonds. The van der Waals surface area contributed by atoms with Crippen LogP contribution >= 0.6 is 11.6 Å². The van der Waals surface area contributed by atoms with E-state index < -0.39 is 18.0 Å². The Morgan fingerprint density at radius 1 is 1.31 bits per heavy atom. The summed E-state index contributed by atoms with van der Waals surface area (Å²) >= 11 is 5.93. The first-order valence-electron chi connectivity index (χ1n) is 8.35. The highest BCUT2D eigenvalue weighted by molar-refractivity contribution is 6.31. The number of nitrogens with one attached hydrogen (secondary N) is 1. The molecule has 2 aromatic rings. The van der Waals surface area contributed by atoms with Crippen LogP contribution in [0.2, 0.25) is 5.02 Å². The zero-order valence-electron chi connectivity index (χ0n) is 15.2. The van der Waals surface area contributed by atoms with Crippen molar-refractivity contribution in [3.05, 3.63) is 40.5 Å². The Kier molecular flexibility index (Phi) is 6.74. The van der Waals surface area contributed by atoms with Crippen LogP contribution in [0.25, 0.3) is 0 Å². The van der Waals surface area contributed by atoms with Gasteiger partial charge in [0.1, 0.15) is 0 Å². The summed E-state index contributed by atoms with van der Waals surface area (Å²) in [6.07, 6.45) is -0.622. The van der Waals surface area contributed by atoms with E-state index in [4.69, 9.17) is 20.9 Å². The first kappa shape index (κ1) is 19.9. The van der Waals surface area contributed by atoms with Crippen molar-refractivity contribution < 1.29 is 18.8 Å². The van der Waals surface area contributed by atoms with Gasteiger partial charge in [-0.25, -0.2) is 0 Å². The molecule has 1 heterocycles. The van der Waals surface area contributed by atoms with Gasteiger partial charge in [0.2, 0.25) is 5.89 Å². The third-order valence-corrected chi connectivity index (χ3v) is 3.91. The zero-order valence-corrected chi connectivity index (χ0v) is 16.0. The summed E-state index contributed by atoms with van der Waals surface area (Å²) in [5.41, 5.74) is 1.44. The number of hydrogen-bond donors (Lipinski definition) is 1. The summed E-state index contributed by atoms with van der Waals surface area (Å²) in [6, 6.07) is 5.17. The first-order chi connectivity index (χ1) is 12.3. The molecule has 1 aromatic heterocycles. The van der Waals surface area contributed by atoms with Gasteiger partial charge in [0.25, 0.3) is 5.91 Å². The lowest BCUT2D eigenvalue weighted by atomic mass is 10.2. The van der Waals surface area contributed by atoms with Crippen LogP contribution in [0.1, 0.15) is 50.4 Å². The normalized spacial score (nSPS) is 12.1. The van der Waals surface area contributed by atoms with E-state index in [0.717, 1.165) is 5.56 Å². The highest BCUT2D eigenvalue weighted by Gasteiger charge is 2.19. The van der Waals surface area contributed by atoms with Crippen LogP contribution in [0, 0.1) is 6.92 Å². The Hall–Kier alpha value is -2.41. The number of anilines is 1. The van der Waals surface area contributed by atoms with Gasteiger partial charge in [-0.3, -0.25) is 9.59 Å². The number of halogens is 1. The number of hydrogen-bond acceptors (Lipinski definition) is 6. The summed E-state index contributed by atoms with van der Waals surface area (Å²) in [7, 11) is 0. The quantitative estimate of drug-likeness (QED) is 0.738. The number of benzene rings is 1. The van der Waals surface area contributed by atoms with E-state index in [0.29, 0.717) is 22.4 Å². The van der Waals surface area contributed by atoms with Crippen LogP contribution in [0.4, 0.5) is 5.69 Å². The number of carbonyl (C=O) groups excluding carboxylic acids is 2. The number of nitrogens with zero attached hydrogens (tertiary/aromatic N) is 2. The molecule has 26 heavy (non-hydrogen) atoms. The zero-order chi connectivity index (χ0) is 19.3. The molecule has 1 aromatic carbocycles. The Morgan fingerprint density at radius 3 is 2.69 bits per heavy atom. The van der Waals surface area contributed by atoms with Crippen molar-refractivity contribution in [3.8, 4) is 0 Å². The number of aryl methyl sites for hydroxylation is 2. The minimum Gasteiger partial charge on any atom is -0.453 e. The van der Waals surface area contributed by atoms with Gasteiger partial charge in [-0.1, -0.05) is 36.7 Å². The second-order valence-electron chi connectivity index (χ2n) is 6.28. The van der Waals surface area contributed by atoms with Crippen LogP contribution < -0.4 is 5.32 Å². The van der Waals surface area contributed by atoms with E-state index in [1.54, 1.807) is 18.2 Å². The third kappa shape index (κ3) is 5.56. The van der Waals surface area contributed by atoms with Gasteiger partial charge in [0, 0.05) is 23.0 Å². The fraction of sp³-hybridized carbons (Fsp3) is 0.444. The minimum absolute atomic E-state index is 0.0491. The Balaban J connectivity index is 1.83. The van der Waals surface area contributed by atoms with Gasteiger partial charge in [-0.15, -0.1) is 0 Å². The van der Waals surface area contributed by atoms with E-state index >= 15 is 0 Å². The second-order valence-corrected chi connectivity index (χ2v) is 6.72. The number of esters is 1. The molecular formula is C18H22ClN3O4. The van der Waals surface area contributed by atoms with Crippen molar-refractivity contribution in [1.29, 1.82) is 0 Å². The molecule has 0 aliphatic heterocycles. The predicted molar refractivity (Wildman–Crippen MR) is 97.1 cm³/mol. The van der Waals surface area contributed by atoms with E-state index in [-0.39, 0.29) is 18.8 Å². The Morgan fingerprint density at radius 2 is 2.04 bits per heavy atom. The van der Waals surface area contributed by atoms with Crippen LogP contribution in [0.15, 0.2) is 22.7 Å². The standard InChI is InChI=1S/C18H22ClN3O4/c1-10(2)17-21-15(26-22-17)7-8-16(23)25-12(4)18(24)20-14-9-13(19)6-5-11(14)3/h5-6,9-10,12H,7-8H2,1-4H3,(H,20,24)/t12-/m0/s1. The SMILES string of the molecule is Cc1ccc(Cl)cc1NC(=O)[C@H](C)OC(=O)CCc1nc(C(C)C)no1. The fourth-order valence-corrected chi connectivity index (χ4v) is 2.26. The van der Waals surface area contributed by atoms with Crippen molar-refractivity contribution in [3.63, 3.8) is 0 Å². The largest absolute Gasteiger partial charge is 0.453 e. The number of ether oxygens (including phenoxy) is 1. The lowest BCUT2D eigenvalue weighted by Crippen LogP contribution is -2.30.